The first-order chi connectivity index (χ1) is 10.00. The molecule has 0 radical (unpaired) electrons. The summed E-state index contributed by atoms with van der Waals surface area (Å²) in [6.07, 6.45) is 6.25. The Kier molecular flexibility index (Phi) is 5.67. The molecule has 2 aliphatic rings. The molecule has 0 aromatic heterocycles. The fourth-order valence-electron chi connectivity index (χ4n) is 3.31. The second kappa shape index (κ2) is 7.10. The van der Waals surface area contributed by atoms with E-state index in [9.17, 15) is 4.79 Å². The van der Waals surface area contributed by atoms with E-state index < -0.39 is 5.54 Å². The summed E-state index contributed by atoms with van der Waals surface area (Å²) in [5, 5.41) is 3.36. The van der Waals surface area contributed by atoms with Crippen LogP contribution in [0, 0.1) is 5.92 Å². The summed E-state index contributed by atoms with van der Waals surface area (Å²) in [5.74, 6) is 0.793. The Morgan fingerprint density at radius 2 is 2.00 bits per heavy atom. The van der Waals surface area contributed by atoms with Gasteiger partial charge in [-0.3, -0.25) is 9.69 Å². The summed E-state index contributed by atoms with van der Waals surface area (Å²) in [6.45, 7) is 10.6. The summed E-state index contributed by atoms with van der Waals surface area (Å²) in [6, 6.07) is 1.18. The molecule has 0 aliphatic heterocycles. The highest BCUT2D eigenvalue weighted by molar-refractivity contribution is 5.80. The van der Waals surface area contributed by atoms with Gasteiger partial charge in [-0.1, -0.05) is 6.92 Å². The Labute approximate surface area is 129 Å². The third-order valence-electron chi connectivity index (χ3n) is 4.74. The first kappa shape index (κ1) is 16.8. The Hall–Kier alpha value is -0.610. The van der Waals surface area contributed by atoms with Gasteiger partial charge in [0.15, 0.2) is 0 Å². The van der Waals surface area contributed by atoms with Crippen LogP contribution in [0.2, 0.25) is 0 Å². The molecule has 0 saturated heterocycles. The fourth-order valence-corrected chi connectivity index (χ4v) is 3.31. The van der Waals surface area contributed by atoms with Gasteiger partial charge in [-0.25, -0.2) is 0 Å². The van der Waals surface area contributed by atoms with E-state index in [1.54, 1.807) is 0 Å². The number of carbonyl (C=O) groups excluding carboxylic acids is 1. The molecule has 2 aliphatic carbocycles. The number of nitrogens with zero attached hydrogens (tertiary/aromatic N) is 1. The van der Waals surface area contributed by atoms with Crippen molar-refractivity contribution in [2.24, 2.45) is 5.92 Å². The largest absolute Gasteiger partial charge is 0.465 e. The van der Waals surface area contributed by atoms with Crippen LogP contribution in [0.25, 0.3) is 0 Å². The number of nitrogens with one attached hydrogen (secondary N) is 1. The molecule has 122 valence electrons. The van der Waals surface area contributed by atoms with E-state index >= 15 is 0 Å². The minimum Gasteiger partial charge on any atom is -0.465 e. The number of hydrogen-bond acceptors (Lipinski definition) is 4. The van der Waals surface area contributed by atoms with Crippen molar-refractivity contribution in [3.05, 3.63) is 0 Å². The number of esters is 1. The van der Waals surface area contributed by atoms with Gasteiger partial charge in [0.25, 0.3) is 0 Å². The van der Waals surface area contributed by atoms with Gasteiger partial charge < -0.3 is 10.1 Å². The Bertz CT molecular complexity index is 353. The summed E-state index contributed by atoms with van der Waals surface area (Å²) in [7, 11) is 0. The summed E-state index contributed by atoms with van der Waals surface area (Å²) in [4.78, 5) is 15.0. The zero-order valence-electron chi connectivity index (χ0n) is 14.2. The molecule has 0 bridgehead atoms. The van der Waals surface area contributed by atoms with E-state index in [1.807, 2.05) is 20.8 Å². The van der Waals surface area contributed by atoms with E-state index in [0.717, 1.165) is 24.9 Å². The van der Waals surface area contributed by atoms with Crippen LogP contribution in [0.3, 0.4) is 0 Å². The van der Waals surface area contributed by atoms with E-state index in [4.69, 9.17) is 4.74 Å². The molecule has 2 rings (SSSR count). The van der Waals surface area contributed by atoms with Crippen molar-refractivity contribution in [1.29, 1.82) is 0 Å². The van der Waals surface area contributed by atoms with E-state index in [1.165, 1.54) is 32.2 Å². The lowest BCUT2D eigenvalue weighted by Gasteiger charge is -2.36. The predicted molar refractivity (Wildman–Crippen MR) is 85.2 cm³/mol. The van der Waals surface area contributed by atoms with Crippen molar-refractivity contribution in [1.82, 2.24) is 10.2 Å². The molecule has 1 N–H and O–H groups in total. The number of hydrogen-bond donors (Lipinski definition) is 1. The molecule has 2 fully saturated rings. The van der Waals surface area contributed by atoms with Crippen molar-refractivity contribution in [2.45, 2.75) is 77.4 Å². The van der Waals surface area contributed by atoms with Crippen molar-refractivity contribution < 1.29 is 9.53 Å². The molecule has 0 amide bonds. The standard InChI is InChI=1S/C17H32N2O2/c1-5-18-17(4,16(20)21-6-2)11-13(3)19(15-9-10-15)12-14-7-8-14/h13-15,18H,5-12H2,1-4H3. The highest BCUT2D eigenvalue weighted by atomic mass is 16.5. The fraction of sp³-hybridized carbons (Fsp3) is 0.941. The van der Waals surface area contributed by atoms with Gasteiger partial charge in [0, 0.05) is 18.6 Å². The average molecular weight is 296 g/mol. The maximum atomic E-state index is 12.3. The number of likely N-dealkylation sites (N-methyl/N-ethyl adjacent to an activating group) is 1. The molecular formula is C17H32N2O2. The van der Waals surface area contributed by atoms with E-state index in [0.29, 0.717) is 12.6 Å². The first-order valence-corrected chi connectivity index (χ1v) is 8.68. The summed E-state index contributed by atoms with van der Waals surface area (Å²) >= 11 is 0. The molecule has 0 spiro atoms. The number of carbonyl (C=O) groups is 1. The van der Waals surface area contributed by atoms with Gasteiger partial charge in [0.2, 0.25) is 0 Å². The van der Waals surface area contributed by atoms with Crippen LogP contribution in [0.1, 0.15) is 59.8 Å². The van der Waals surface area contributed by atoms with Gasteiger partial charge in [-0.15, -0.1) is 0 Å². The number of ether oxygens (including phenoxy) is 1. The Balaban J connectivity index is 1.97. The molecular weight excluding hydrogens is 264 g/mol. The van der Waals surface area contributed by atoms with E-state index in [2.05, 4.69) is 17.1 Å². The van der Waals surface area contributed by atoms with Gasteiger partial charge in [-0.2, -0.15) is 0 Å². The lowest BCUT2D eigenvalue weighted by Crippen LogP contribution is -2.54. The molecule has 2 saturated carbocycles. The topological polar surface area (TPSA) is 41.6 Å². The molecule has 0 aromatic carbocycles. The van der Waals surface area contributed by atoms with Gasteiger partial charge in [-0.05, 0) is 65.3 Å². The van der Waals surface area contributed by atoms with Crippen molar-refractivity contribution >= 4 is 5.97 Å². The first-order valence-electron chi connectivity index (χ1n) is 8.68. The normalized spacial score (nSPS) is 22.9. The van der Waals surface area contributed by atoms with Gasteiger partial charge in [0.05, 0.1) is 6.61 Å². The van der Waals surface area contributed by atoms with Crippen molar-refractivity contribution in [3.63, 3.8) is 0 Å². The molecule has 0 heterocycles. The molecule has 0 aromatic rings. The SMILES string of the molecule is CCNC(C)(CC(C)N(CC1CC1)C1CC1)C(=O)OCC. The van der Waals surface area contributed by atoms with Crippen LogP contribution in [0.5, 0.6) is 0 Å². The molecule has 2 atom stereocenters. The van der Waals surface area contributed by atoms with Crippen molar-refractivity contribution in [3.8, 4) is 0 Å². The summed E-state index contributed by atoms with van der Waals surface area (Å²) < 4.78 is 5.29. The Morgan fingerprint density at radius 1 is 1.33 bits per heavy atom. The van der Waals surface area contributed by atoms with Gasteiger partial charge in [0.1, 0.15) is 5.54 Å². The Morgan fingerprint density at radius 3 is 2.48 bits per heavy atom. The second-order valence-electron chi connectivity index (χ2n) is 7.01. The van der Waals surface area contributed by atoms with Crippen LogP contribution < -0.4 is 5.32 Å². The molecule has 4 heteroatoms. The highest BCUT2D eigenvalue weighted by Gasteiger charge is 2.41. The third kappa shape index (κ3) is 4.68. The van der Waals surface area contributed by atoms with Crippen LogP contribution in [-0.2, 0) is 9.53 Å². The van der Waals surface area contributed by atoms with Crippen LogP contribution in [0.15, 0.2) is 0 Å². The maximum absolute atomic E-state index is 12.3. The monoisotopic (exact) mass is 296 g/mol. The number of rotatable bonds is 10. The average Bonchev–Trinajstić information content (AvgIpc) is 3.28. The quantitative estimate of drug-likeness (QED) is 0.629. The van der Waals surface area contributed by atoms with Crippen LogP contribution >= 0.6 is 0 Å². The lowest BCUT2D eigenvalue weighted by molar-refractivity contribution is -0.151. The molecule has 21 heavy (non-hydrogen) atoms. The van der Waals surface area contributed by atoms with Gasteiger partial charge >= 0.3 is 5.97 Å². The molecule has 4 nitrogen and oxygen atoms in total. The van der Waals surface area contributed by atoms with Crippen LogP contribution in [-0.4, -0.2) is 48.2 Å². The minimum atomic E-state index is -0.569. The zero-order chi connectivity index (χ0) is 15.5. The summed E-state index contributed by atoms with van der Waals surface area (Å²) in [5.41, 5.74) is -0.569. The van der Waals surface area contributed by atoms with Crippen molar-refractivity contribution in [2.75, 3.05) is 19.7 Å². The third-order valence-corrected chi connectivity index (χ3v) is 4.74. The van der Waals surface area contributed by atoms with Crippen LogP contribution in [0.4, 0.5) is 0 Å². The zero-order valence-corrected chi connectivity index (χ0v) is 14.2. The van der Waals surface area contributed by atoms with E-state index in [-0.39, 0.29) is 5.97 Å². The predicted octanol–water partition coefficient (Wildman–Crippen LogP) is 2.57. The lowest BCUT2D eigenvalue weighted by atomic mass is 9.92. The smallest absolute Gasteiger partial charge is 0.326 e. The second-order valence-corrected chi connectivity index (χ2v) is 7.01. The highest BCUT2D eigenvalue weighted by Crippen LogP contribution is 2.37. The maximum Gasteiger partial charge on any atom is 0.326 e. The molecule has 2 unspecified atom stereocenters. The minimum absolute atomic E-state index is 0.110.